The lowest BCUT2D eigenvalue weighted by Crippen LogP contribution is -2.08. The van der Waals surface area contributed by atoms with Gasteiger partial charge in [0.05, 0.1) is 39.6 Å². The number of aryl methyl sites for hydroxylation is 2. The van der Waals surface area contributed by atoms with E-state index in [1.807, 2.05) is 246 Å². The third-order valence-corrected chi connectivity index (χ3v) is 7.42. The molecule has 0 aromatic heterocycles. The molecule has 4 heterocycles. The lowest BCUT2D eigenvalue weighted by atomic mass is 10.0. The molecular formula is C68H136O4. The average molecular weight is 1020 g/mol. The SMILES string of the molecule is CC.CC.CC.CC.CC.CC.CC.CC.CC.CC.CC.CC.CC.CC.CC.CC.c1ccc2c(c1)CCCO2.c1ccc2c(c1)CCCO2.c1ccc2c(c1)CCOC2.c1ccc2c(c1)CCOC2. The normalized spacial score (nSPS) is 10.2. The highest BCUT2D eigenvalue weighted by Crippen LogP contribution is 2.24. The molecule has 0 bridgehead atoms. The number of ether oxygens (including phenoxy) is 4. The van der Waals surface area contributed by atoms with Gasteiger partial charge in [0, 0.05) is 0 Å². The van der Waals surface area contributed by atoms with E-state index in [1.54, 1.807) is 0 Å². The Balaban J connectivity index is -0.0000000563. The molecule has 72 heavy (non-hydrogen) atoms. The first-order valence-electron chi connectivity index (χ1n) is 30.6. The summed E-state index contributed by atoms with van der Waals surface area (Å²) >= 11 is 0. The van der Waals surface area contributed by atoms with Gasteiger partial charge in [-0.15, -0.1) is 0 Å². The first-order chi connectivity index (χ1) is 35.9. The zero-order chi connectivity index (χ0) is 59.2. The molecule has 0 radical (unpaired) electrons. The van der Waals surface area contributed by atoms with Crippen LogP contribution in [0.15, 0.2) is 97.1 Å². The van der Waals surface area contributed by atoms with Gasteiger partial charge in [-0.2, -0.15) is 0 Å². The van der Waals surface area contributed by atoms with Crippen LogP contribution in [0.1, 0.15) is 268 Å². The van der Waals surface area contributed by atoms with E-state index >= 15 is 0 Å². The van der Waals surface area contributed by atoms with Crippen LogP contribution in [-0.4, -0.2) is 26.4 Å². The van der Waals surface area contributed by atoms with Crippen LogP contribution in [0, 0.1) is 0 Å². The highest BCUT2D eigenvalue weighted by Gasteiger charge is 2.09. The summed E-state index contributed by atoms with van der Waals surface area (Å²) < 4.78 is 21.4. The standard InChI is InChI=1S/4C9H10O.16C2H6/c2*1-2-6-9-8(4-1)5-3-7-10-9;2*1-2-4-9-7-10-6-5-8(9)3-1;16*1-2/h2*1-2,4,6H,3,5,7H2;2*1-4H,5-7H2;16*1-2H3. The topological polar surface area (TPSA) is 36.9 Å². The summed E-state index contributed by atoms with van der Waals surface area (Å²) in [5.41, 5.74) is 8.33. The number of benzene rings is 4. The van der Waals surface area contributed by atoms with Crippen molar-refractivity contribution in [2.45, 2.75) is 273 Å². The molecule has 4 nitrogen and oxygen atoms in total. The van der Waals surface area contributed by atoms with E-state index in [9.17, 15) is 0 Å². The summed E-state index contributed by atoms with van der Waals surface area (Å²) in [5.74, 6) is 2.16. The van der Waals surface area contributed by atoms with E-state index in [4.69, 9.17) is 18.9 Å². The Labute approximate surface area is 458 Å². The number of rotatable bonds is 0. The van der Waals surface area contributed by atoms with Gasteiger partial charge < -0.3 is 18.9 Å². The van der Waals surface area contributed by atoms with Crippen LogP contribution in [0.2, 0.25) is 0 Å². The highest BCUT2D eigenvalue weighted by molar-refractivity contribution is 5.35. The zero-order valence-electron chi connectivity index (χ0n) is 55.4. The summed E-state index contributed by atoms with van der Waals surface area (Å²) in [6.45, 7) is 69.1. The van der Waals surface area contributed by atoms with Crippen molar-refractivity contribution in [3.8, 4) is 11.5 Å². The quantitative estimate of drug-likeness (QED) is 0.176. The second-order valence-electron chi connectivity index (χ2n) is 10.3. The molecule has 0 fully saturated rings. The second-order valence-corrected chi connectivity index (χ2v) is 10.3. The number of fused-ring (bicyclic) bond motifs is 4. The van der Waals surface area contributed by atoms with Crippen molar-refractivity contribution in [1.29, 1.82) is 0 Å². The van der Waals surface area contributed by atoms with Crippen molar-refractivity contribution >= 4 is 0 Å². The fraction of sp³-hybridized carbons (Fsp3) is 0.647. The number of hydrogen-bond acceptors (Lipinski definition) is 4. The third-order valence-electron chi connectivity index (χ3n) is 7.42. The molecule has 0 saturated heterocycles. The van der Waals surface area contributed by atoms with E-state index in [1.165, 1.54) is 46.2 Å². The Morgan fingerprint density at radius 3 is 0.653 bits per heavy atom. The van der Waals surface area contributed by atoms with Gasteiger partial charge in [-0.05, 0) is 84.0 Å². The Kier molecular flexibility index (Phi) is 147. The van der Waals surface area contributed by atoms with Crippen molar-refractivity contribution in [3.05, 3.63) is 130 Å². The zero-order valence-corrected chi connectivity index (χ0v) is 55.4. The van der Waals surface area contributed by atoms with Crippen molar-refractivity contribution in [2.75, 3.05) is 26.4 Å². The molecule has 0 atom stereocenters. The molecule has 0 N–H and O–H groups in total. The molecule has 4 aromatic rings. The first-order valence-corrected chi connectivity index (χ1v) is 30.6. The highest BCUT2D eigenvalue weighted by atomic mass is 16.5. The summed E-state index contributed by atoms with van der Waals surface area (Å²) in [6, 6.07) is 33.4. The van der Waals surface area contributed by atoms with E-state index in [0.717, 1.165) is 76.8 Å². The Bertz CT molecular complexity index is 1030. The van der Waals surface area contributed by atoms with Crippen molar-refractivity contribution < 1.29 is 18.9 Å². The lowest BCUT2D eigenvalue weighted by Gasteiger charge is -2.15. The maximum absolute atomic E-state index is 5.42. The molecule has 4 heteroatoms. The van der Waals surface area contributed by atoms with Crippen LogP contribution in [0.3, 0.4) is 0 Å². The number of hydrogen-bond donors (Lipinski definition) is 0. The molecule has 4 aliphatic rings. The van der Waals surface area contributed by atoms with Crippen LogP contribution in [-0.2, 0) is 48.4 Å². The maximum atomic E-state index is 5.42. The minimum atomic E-state index is 0.802. The van der Waals surface area contributed by atoms with Crippen molar-refractivity contribution in [2.24, 2.45) is 0 Å². The molecule has 4 aromatic carbocycles. The Morgan fingerprint density at radius 2 is 0.431 bits per heavy atom. The smallest absolute Gasteiger partial charge is 0.122 e. The van der Waals surface area contributed by atoms with Crippen LogP contribution in [0.4, 0.5) is 0 Å². The molecule has 432 valence electrons. The molecule has 0 amide bonds. The molecule has 4 aliphatic heterocycles. The summed E-state index contributed by atoms with van der Waals surface area (Å²) in [7, 11) is 0. The van der Waals surface area contributed by atoms with Gasteiger partial charge in [0.2, 0.25) is 0 Å². The maximum Gasteiger partial charge on any atom is 0.122 e. The van der Waals surface area contributed by atoms with Crippen molar-refractivity contribution in [3.63, 3.8) is 0 Å². The van der Waals surface area contributed by atoms with Crippen molar-refractivity contribution in [1.82, 2.24) is 0 Å². The van der Waals surface area contributed by atoms with Gasteiger partial charge in [0.25, 0.3) is 0 Å². The third kappa shape index (κ3) is 60.7. The van der Waals surface area contributed by atoms with Gasteiger partial charge in [-0.3, -0.25) is 0 Å². The van der Waals surface area contributed by atoms with Gasteiger partial charge >= 0.3 is 0 Å². The molecule has 0 spiro atoms. The fourth-order valence-electron chi connectivity index (χ4n) is 5.20. The van der Waals surface area contributed by atoms with Gasteiger partial charge in [-0.25, -0.2) is 0 Å². The summed E-state index contributed by atoms with van der Waals surface area (Å²) in [6.07, 6.45) is 6.84. The van der Waals surface area contributed by atoms with E-state index < -0.39 is 0 Å². The minimum absolute atomic E-state index is 0.802. The minimum Gasteiger partial charge on any atom is -0.493 e. The average Bonchev–Trinajstić information content (AvgIpc) is 3.55. The second kappa shape index (κ2) is 108. The largest absolute Gasteiger partial charge is 0.493 e. The van der Waals surface area contributed by atoms with E-state index in [-0.39, 0.29) is 0 Å². The predicted octanol–water partition coefficient (Wildman–Crippen LogP) is 24.0. The monoisotopic (exact) mass is 1020 g/mol. The summed E-state index contributed by atoms with van der Waals surface area (Å²) in [4.78, 5) is 0. The molecule has 0 unspecified atom stereocenters. The van der Waals surface area contributed by atoms with Gasteiger partial charge in [0.15, 0.2) is 0 Å². The fourth-order valence-corrected chi connectivity index (χ4v) is 5.20. The molecule has 0 aliphatic carbocycles. The van der Waals surface area contributed by atoms with E-state index in [0.29, 0.717) is 0 Å². The first kappa shape index (κ1) is 97.7. The van der Waals surface area contributed by atoms with Crippen LogP contribution < -0.4 is 9.47 Å². The Hall–Kier alpha value is -3.60. The van der Waals surface area contributed by atoms with Crippen LogP contribution in [0.5, 0.6) is 11.5 Å². The molecule has 8 rings (SSSR count). The molecule has 0 saturated carbocycles. The van der Waals surface area contributed by atoms with E-state index in [2.05, 4.69) is 72.8 Å². The van der Waals surface area contributed by atoms with Gasteiger partial charge in [0.1, 0.15) is 11.5 Å². The Morgan fingerprint density at radius 1 is 0.222 bits per heavy atom. The number of para-hydroxylation sites is 2. The van der Waals surface area contributed by atoms with Crippen LogP contribution in [0.25, 0.3) is 0 Å². The predicted molar refractivity (Wildman–Crippen MR) is 342 cm³/mol. The van der Waals surface area contributed by atoms with Crippen LogP contribution >= 0.6 is 0 Å². The van der Waals surface area contributed by atoms with Gasteiger partial charge in [-0.1, -0.05) is 306 Å². The lowest BCUT2D eigenvalue weighted by molar-refractivity contribution is 0.110. The summed E-state index contributed by atoms with van der Waals surface area (Å²) in [5, 5.41) is 0. The molecular weight excluding hydrogens is 881 g/mol.